The van der Waals surface area contributed by atoms with Gasteiger partial charge < -0.3 is 21.1 Å². The first-order valence-electron chi connectivity index (χ1n) is 10.6. The number of anilines is 1. The highest BCUT2D eigenvalue weighted by Gasteiger charge is 2.38. The molecule has 0 aliphatic heterocycles. The molecule has 0 aliphatic carbocycles. The number of aromatic nitrogens is 1. The predicted octanol–water partition coefficient (Wildman–Crippen LogP) is 0.407. The van der Waals surface area contributed by atoms with E-state index in [2.05, 4.69) is 20.5 Å². The van der Waals surface area contributed by atoms with Crippen LogP contribution in [0.4, 0.5) is 24.5 Å². The second kappa shape index (κ2) is 13.9. The van der Waals surface area contributed by atoms with Gasteiger partial charge in [0.1, 0.15) is 5.69 Å². The number of carbonyl (C=O) groups excluding carboxylic acids is 1. The molecule has 0 atom stereocenters. The number of nitrogens with two attached hydrogens (primary N) is 1. The third-order valence-electron chi connectivity index (χ3n) is 4.46. The Morgan fingerprint density at radius 1 is 1.25 bits per heavy atom. The maximum absolute atomic E-state index is 12.9. The van der Waals surface area contributed by atoms with E-state index >= 15 is 0 Å². The number of nitrogens with one attached hydrogen (secondary N) is 5. The van der Waals surface area contributed by atoms with Crippen molar-refractivity contribution in [1.29, 1.82) is 5.41 Å². The molecule has 0 saturated heterocycles. The number of hydroxylamine groups is 1. The Morgan fingerprint density at radius 3 is 2.38 bits per heavy atom. The number of aliphatic carboxylic acids is 1. The van der Waals surface area contributed by atoms with Gasteiger partial charge in [0.25, 0.3) is 21.3 Å². The molecule has 1 aromatic carbocycles. The number of aryl methyl sites for hydroxylation is 2. The number of rotatable bonds is 10. The van der Waals surface area contributed by atoms with E-state index in [-0.39, 0.29) is 41.3 Å². The largest absolute Gasteiger partial charge is 0.490 e. The van der Waals surface area contributed by atoms with E-state index in [0.717, 1.165) is 6.07 Å². The zero-order valence-electron chi connectivity index (χ0n) is 20.7. The highest BCUT2D eigenvalue weighted by molar-refractivity contribution is 7.92. The first-order valence-corrected chi connectivity index (χ1v) is 12.1. The Hall–Kier alpha value is -4.72. The Kier molecular flexibility index (Phi) is 11.6. The standard InChI is InChI=1S/C18H23N7O7S.C2HF3O2/c1-10-3-4-13(25(28)29)9-14(10)33(30,31)24-16-12(7-11(2)22-17(16)27)8-15(26)21-5-6-32-23-18(19)20;3-2(4,5)1(6)7/h3-4,7,9,24H,5-6,8H2,1-2H3,(H,21,26)(H,22,27)(H4,19,20,23);(H,6,7). The van der Waals surface area contributed by atoms with Gasteiger partial charge >= 0.3 is 12.1 Å². The lowest BCUT2D eigenvalue weighted by atomic mass is 10.1. The molecule has 0 spiro atoms. The average Bonchev–Trinajstić information content (AvgIpc) is 2.80. The monoisotopic (exact) mass is 595 g/mol. The van der Waals surface area contributed by atoms with Crippen molar-refractivity contribution >= 4 is 39.2 Å². The highest BCUT2D eigenvalue weighted by atomic mass is 32.2. The first-order chi connectivity index (χ1) is 18.3. The van der Waals surface area contributed by atoms with Crippen molar-refractivity contribution in [2.75, 3.05) is 17.9 Å². The summed E-state index contributed by atoms with van der Waals surface area (Å²) in [6.45, 7) is 3.06. The van der Waals surface area contributed by atoms with Gasteiger partial charge in [0.2, 0.25) is 11.9 Å². The lowest BCUT2D eigenvalue weighted by Gasteiger charge is -2.14. The molecule has 40 heavy (non-hydrogen) atoms. The fourth-order valence-corrected chi connectivity index (χ4v) is 4.17. The number of nitro benzene ring substituents is 1. The number of H-pyrrole nitrogens is 1. The number of sulfonamides is 1. The van der Waals surface area contributed by atoms with Gasteiger partial charge in [0.15, 0.2) is 0 Å². The van der Waals surface area contributed by atoms with Crippen LogP contribution in [0.15, 0.2) is 34.0 Å². The predicted molar refractivity (Wildman–Crippen MR) is 132 cm³/mol. The molecule has 1 amide bonds. The molecule has 1 heterocycles. The van der Waals surface area contributed by atoms with Crippen molar-refractivity contribution in [2.45, 2.75) is 31.3 Å². The van der Waals surface area contributed by atoms with Crippen LogP contribution in [0.25, 0.3) is 0 Å². The number of halogens is 3. The number of aromatic amines is 1. The smallest absolute Gasteiger partial charge is 0.475 e. The molecule has 16 nitrogen and oxygen atoms in total. The molecule has 8 N–H and O–H groups in total. The topological polar surface area (TPSA) is 260 Å². The van der Waals surface area contributed by atoms with Gasteiger partial charge in [-0.1, -0.05) is 6.07 Å². The number of carbonyl (C=O) groups is 2. The van der Waals surface area contributed by atoms with Crippen LogP contribution in [0.3, 0.4) is 0 Å². The summed E-state index contributed by atoms with van der Waals surface area (Å²) in [5, 5.41) is 27.6. The minimum absolute atomic E-state index is 0.00866. The molecular formula is C20H24F3N7O9S. The van der Waals surface area contributed by atoms with Crippen molar-refractivity contribution in [3.8, 4) is 0 Å². The number of alkyl halides is 3. The number of amides is 1. The SMILES string of the molecule is Cc1cc(CC(=O)NCCONC(=N)N)c(NS(=O)(=O)c2cc([N+](=O)[O-])ccc2C)c(=O)[nH]1.O=C(O)C(F)(F)F. The maximum Gasteiger partial charge on any atom is 0.490 e. The summed E-state index contributed by atoms with van der Waals surface area (Å²) >= 11 is 0. The molecule has 220 valence electrons. The molecule has 0 aliphatic rings. The molecule has 0 radical (unpaired) electrons. The average molecular weight is 596 g/mol. The van der Waals surface area contributed by atoms with Gasteiger partial charge in [0, 0.05) is 24.4 Å². The minimum atomic E-state index is -5.08. The molecule has 20 heteroatoms. The van der Waals surface area contributed by atoms with Crippen LogP contribution >= 0.6 is 0 Å². The number of pyridine rings is 1. The lowest BCUT2D eigenvalue weighted by molar-refractivity contribution is -0.385. The van der Waals surface area contributed by atoms with Crippen LogP contribution < -0.4 is 26.8 Å². The normalized spacial score (nSPS) is 11.0. The number of guanidine groups is 1. The second-order valence-electron chi connectivity index (χ2n) is 7.69. The summed E-state index contributed by atoms with van der Waals surface area (Å²) in [7, 11) is -4.39. The highest BCUT2D eigenvalue weighted by Crippen LogP contribution is 2.24. The van der Waals surface area contributed by atoms with E-state index in [1.54, 1.807) is 6.92 Å². The molecule has 0 saturated carbocycles. The van der Waals surface area contributed by atoms with E-state index in [1.807, 2.05) is 0 Å². The van der Waals surface area contributed by atoms with Gasteiger partial charge in [-0.3, -0.25) is 34.7 Å². The zero-order chi connectivity index (χ0) is 30.8. The molecule has 0 bridgehead atoms. The number of hydrogen-bond donors (Lipinski definition) is 7. The maximum atomic E-state index is 12.9. The fourth-order valence-electron chi connectivity index (χ4n) is 2.80. The van der Waals surface area contributed by atoms with Crippen LogP contribution in [0.5, 0.6) is 0 Å². The van der Waals surface area contributed by atoms with Gasteiger partial charge in [-0.2, -0.15) is 13.2 Å². The summed E-state index contributed by atoms with van der Waals surface area (Å²) in [5.41, 5.74) is 6.28. The van der Waals surface area contributed by atoms with E-state index in [0.29, 0.717) is 5.69 Å². The number of hydrogen-bond acceptors (Lipinski definition) is 9. The lowest BCUT2D eigenvalue weighted by Crippen LogP contribution is -2.35. The van der Waals surface area contributed by atoms with Crippen molar-refractivity contribution in [2.24, 2.45) is 5.73 Å². The molecule has 2 aromatic rings. The summed E-state index contributed by atoms with van der Waals surface area (Å²) in [6.07, 6.45) is -5.42. The number of nitro groups is 1. The number of carboxylic acids is 1. The summed E-state index contributed by atoms with van der Waals surface area (Å²) in [6, 6.07) is 4.77. The summed E-state index contributed by atoms with van der Waals surface area (Å²) in [4.78, 5) is 50.9. The van der Waals surface area contributed by atoms with Crippen LogP contribution in [0.2, 0.25) is 0 Å². The fraction of sp³-hybridized carbons (Fsp3) is 0.300. The van der Waals surface area contributed by atoms with Crippen LogP contribution in [-0.4, -0.2) is 60.6 Å². The van der Waals surface area contributed by atoms with Crippen molar-refractivity contribution in [3.05, 3.63) is 61.6 Å². The molecule has 1 aromatic heterocycles. The van der Waals surface area contributed by atoms with Crippen molar-refractivity contribution in [1.82, 2.24) is 15.8 Å². The van der Waals surface area contributed by atoms with Gasteiger partial charge in [0.05, 0.1) is 22.8 Å². The van der Waals surface area contributed by atoms with Gasteiger partial charge in [-0.05, 0) is 31.0 Å². The quantitative estimate of drug-likeness (QED) is 0.0650. The second-order valence-corrected chi connectivity index (χ2v) is 9.34. The minimum Gasteiger partial charge on any atom is -0.475 e. The number of nitrogens with zero attached hydrogens (tertiary/aromatic N) is 1. The zero-order valence-corrected chi connectivity index (χ0v) is 21.5. The Bertz CT molecular complexity index is 1440. The molecule has 0 unspecified atom stereocenters. The van der Waals surface area contributed by atoms with Gasteiger partial charge in [-0.15, -0.1) is 0 Å². The third kappa shape index (κ3) is 10.6. The summed E-state index contributed by atoms with van der Waals surface area (Å²) in [5.74, 6) is -3.69. The van der Waals surface area contributed by atoms with E-state index < -0.39 is 50.2 Å². The summed E-state index contributed by atoms with van der Waals surface area (Å²) < 4.78 is 59.8. The van der Waals surface area contributed by atoms with E-state index in [4.69, 9.17) is 25.9 Å². The van der Waals surface area contributed by atoms with Crippen molar-refractivity contribution < 1.29 is 46.0 Å². The van der Waals surface area contributed by atoms with Crippen LogP contribution in [0.1, 0.15) is 16.8 Å². The van der Waals surface area contributed by atoms with Gasteiger partial charge in [-0.25, -0.2) is 18.7 Å². The van der Waals surface area contributed by atoms with E-state index in [9.17, 15) is 41.3 Å². The number of benzene rings is 1. The number of carboxylic acid groups (broad SMARTS) is 1. The van der Waals surface area contributed by atoms with Crippen LogP contribution in [-0.2, 0) is 30.9 Å². The van der Waals surface area contributed by atoms with Crippen LogP contribution in [0, 0.1) is 29.4 Å². The Balaban J connectivity index is 0.00000101. The Morgan fingerprint density at radius 2 is 1.85 bits per heavy atom. The van der Waals surface area contributed by atoms with E-state index in [1.165, 1.54) is 25.1 Å². The molecule has 2 rings (SSSR count). The number of non-ortho nitro benzene ring substituents is 1. The third-order valence-corrected chi connectivity index (χ3v) is 5.95. The molecule has 0 fully saturated rings. The first kappa shape index (κ1) is 33.3. The van der Waals surface area contributed by atoms with Crippen molar-refractivity contribution in [3.63, 3.8) is 0 Å². The Labute approximate surface area is 223 Å². The molecular weight excluding hydrogens is 571 g/mol.